The van der Waals surface area contributed by atoms with Gasteiger partial charge in [0.25, 0.3) is 10.1 Å². The lowest BCUT2D eigenvalue weighted by atomic mass is 10.8. The van der Waals surface area contributed by atoms with Gasteiger partial charge in [-0.1, -0.05) is 14.7 Å². The summed E-state index contributed by atoms with van der Waals surface area (Å²) in [5.74, 6) is -0.567. The standard InChI is InChI=1S/C3H7NO6S2/c1-2-3-11(5,6)9-10-12(4,7)8/h2H,1,3H2,(H2,4,7,8). The minimum absolute atomic E-state index is 0.567. The third-order valence-electron chi connectivity index (χ3n) is 0.548. The molecule has 0 spiro atoms. The molecule has 7 nitrogen and oxygen atoms in total. The fourth-order valence-corrected chi connectivity index (χ4v) is 1.25. The Labute approximate surface area is 70.1 Å². The molecule has 0 aliphatic rings. The Bertz CT molecular complexity index is 339. The Balaban J connectivity index is 4.20. The fraction of sp³-hybridized carbons (Fsp3) is 0.333. The van der Waals surface area contributed by atoms with Gasteiger partial charge in [0, 0.05) is 0 Å². The molecule has 0 amide bonds. The van der Waals surface area contributed by atoms with Gasteiger partial charge in [0.1, 0.15) is 0 Å². The van der Waals surface area contributed by atoms with Crippen LogP contribution in [0.1, 0.15) is 0 Å². The van der Waals surface area contributed by atoms with Gasteiger partial charge in [0.2, 0.25) is 0 Å². The molecule has 9 heteroatoms. The van der Waals surface area contributed by atoms with Crippen LogP contribution in [-0.4, -0.2) is 22.6 Å². The van der Waals surface area contributed by atoms with E-state index in [1.54, 1.807) is 0 Å². The van der Waals surface area contributed by atoms with Crippen molar-refractivity contribution < 1.29 is 25.5 Å². The van der Waals surface area contributed by atoms with E-state index in [2.05, 4.69) is 20.4 Å². The van der Waals surface area contributed by atoms with E-state index >= 15 is 0 Å². The predicted octanol–water partition coefficient (Wildman–Crippen LogP) is -1.35. The maximum absolute atomic E-state index is 10.5. The van der Waals surface area contributed by atoms with E-state index in [4.69, 9.17) is 0 Å². The van der Waals surface area contributed by atoms with Crippen LogP contribution in [0.3, 0.4) is 0 Å². The largest absolute Gasteiger partial charge is 0.360 e. The van der Waals surface area contributed by atoms with Crippen LogP contribution < -0.4 is 5.14 Å². The summed E-state index contributed by atoms with van der Waals surface area (Å²) in [5.41, 5.74) is 0. The van der Waals surface area contributed by atoms with E-state index in [0.29, 0.717) is 0 Å². The molecular formula is C3H7NO6S2. The molecule has 0 atom stereocenters. The first kappa shape index (κ1) is 11.5. The molecule has 0 heterocycles. The molecule has 0 saturated carbocycles. The lowest BCUT2D eigenvalue weighted by Crippen LogP contribution is -2.19. The third-order valence-corrected chi connectivity index (χ3v) is 1.81. The van der Waals surface area contributed by atoms with Gasteiger partial charge < -0.3 is 0 Å². The van der Waals surface area contributed by atoms with Gasteiger partial charge >= 0.3 is 10.3 Å². The van der Waals surface area contributed by atoms with Gasteiger partial charge in [-0.3, -0.25) is 0 Å². The van der Waals surface area contributed by atoms with Crippen molar-refractivity contribution in [2.45, 2.75) is 0 Å². The third kappa shape index (κ3) is 6.24. The van der Waals surface area contributed by atoms with Crippen LogP contribution in [0, 0.1) is 0 Å². The summed E-state index contributed by atoms with van der Waals surface area (Å²) in [4.78, 5) is 0. The molecule has 0 radical (unpaired) electrons. The van der Waals surface area contributed by atoms with E-state index in [1.165, 1.54) is 0 Å². The Hall–Kier alpha value is -0.480. The molecule has 0 aromatic rings. The molecule has 0 fully saturated rings. The van der Waals surface area contributed by atoms with Crippen molar-refractivity contribution in [2.24, 2.45) is 5.14 Å². The van der Waals surface area contributed by atoms with Crippen LogP contribution in [0.2, 0.25) is 0 Å². The van der Waals surface area contributed by atoms with E-state index in [1.807, 2.05) is 0 Å². The first-order valence-corrected chi connectivity index (χ1v) is 5.56. The van der Waals surface area contributed by atoms with Crippen molar-refractivity contribution in [3.63, 3.8) is 0 Å². The van der Waals surface area contributed by atoms with Gasteiger partial charge in [0.15, 0.2) is 0 Å². The van der Waals surface area contributed by atoms with Gasteiger partial charge in [0.05, 0.1) is 5.75 Å². The van der Waals surface area contributed by atoms with Crippen LogP contribution >= 0.6 is 0 Å². The summed E-state index contributed by atoms with van der Waals surface area (Å²) in [6, 6.07) is 0. The lowest BCUT2D eigenvalue weighted by Gasteiger charge is -1.98. The zero-order valence-corrected chi connectivity index (χ0v) is 7.47. The number of nitrogens with two attached hydrogens (primary N) is 1. The molecule has 0 unspecified atom stereocenters. The second kappa shape index (κ2) is 3.96. The first-order chi connectivity index (χ1) is 5.27. The Morgan fingerprint density at radius 1 is 1.25 bits per heavy atom. The highest BCUT2D eigenvalue weighted by molar-refractivity contribution is 7.88. The molecule has 72 valence electrons. The number of rotatable bonds is 5. The maximum Gasteiger partial charge on any atom is 0.360 e. The van der Waals surface area contributed by atoms with Crippen molar-refractivity contribution in [1.82, 2.24) is 0 Å². The molecule has 12 heavy (non-hydrogen) atoms. The molecule has 0 bridgehead atoms. The Kier molecular flexibility index (Phi) is 3.80. The van der Waals surface area contributed by atoms with Crippen molar-refractivity contribution in [3.8, 4) is 0 Å². The molecule has 0 aromatic carbocycles. The highest BCUT2D eigenvalue weighted by atomic mass is 32.2. The molecule has 0 rings (SSSR count). The molecule has 2 N–H and O–H groups in total. The molecular weight excluding hydrogens is 210 g/mol. The van der Waals surface area contributed by atoms with Gasteiger partial charge in [-0.2, -0.15) is 16.8 Å². The average Bonchev–Trinajstić information content (AvgIpc) is 1.83. The summed E-state index contributed by atoms with van der Waals surface area (Å²) in [7, 11) is -8.48. The lowest BCUT2D eigenvalue weighted by molar-refractivity contribution is -0.0847. The van der Waals surface area contributed by atoms with Gasteiger partial charge in [-0.05, 0) is 0 Å². The molecule has 0 aromatic heterocycles. The zero-order valence-electron chi connectivity index (χ0n) is 5.83. The Morgan fingerprint density at radius 2 is 1.75 bits per heavy atom. The second-order valence-electron chi connectivity index (χ2n) is 1.64. The van der Waals surface area contributed by atoms with E-state index in [0.717, 1.165) is 6.08 Å². The minimum atomic E-state index is -4.41. The first-order valence-electron chi connectivity index (χ1n) is 2.51. The van der Waals surface area contributed by atoms with Gasteiger partial charge in [-0.15, -0.1) is 6.58 Å². The highest BCUT2D eigenvalue weighted by Gasteiger charge is 2.14. The monoisotopic (exact) mass is 217 g/mol. The average molecular weight is 217 g/mol. The number of hydrogen-bond acceptors (Lipinski definition) is 6. The predicted molar refractivity (Wildman–Crippen MR) is 39.3 cm³/mol. The van der Waals surface area contributed by atoms with Crippen molar-refractivity contribution in [3.05, 3.63) is 12.7 Å². The van der Waals surface area contributed by atoms with Crippen LogP contribution in [0.5, 0.6) is 0 Å². The Morgan fingerprint density at radius 3 is 2.08 bits per heavy atom. The fourth-order valence-electron chi connectivity index (χ4n) is 0.253. The van der Waals surface area contributed by atoms with E-state index < -0.39 is 26.2 Å². The smallest absolute Gasteiger partial charge is 0.203 e. The van der Waals surface area contributed by atoms with E-state index in [-0.39, 0.29) is 0 Å². The van der Waals surface area contributed by atoms with Crippen LogP contribution in [0.25, 0.3) is 0 Å². The molecule has 0 aliphatic heterocycles. The van der Waals surface area contributed by atoms with Crippen LogP contribution in [0.15, 0.2) is 12.7 Å². The van der Waals surface area contributed by atoms with Crippen molar-refractivity contribution >= 4 is 20.4 Å². The SMILES string of the molecule is C=CCS(=O)(=O)OOS(N)(=O)=O. The maximum atomic E-state index is 10.5. The van der Waals surface area contributed by atoms with Crippen molar-refractivity contribution in [1.29, 1.82) is 0 Å². The topological polar surface area (TPSA) is 113 Å². The minimum Gasteiger partial charge on any atom is -0.203 e. The van der Waals surface area contributed by atoms with Crippen LogP contribution in [-0.2, 0) is 29.1 Å². The molecule has 0 saturated heterocycles. The normalized spacial score (nSPS) is 12.8. The summed E-state index contributed by atoms with van der Waals surface area (Å²) < 4.78 is 48.0. The quantitative estimate of drug-likeness (QED) is 0.346. The summed E-state index contributed by atoms with van der Waals surface area (Å²) >= 11 is 0. The van der Waals surface area contributed by atoms with Gasteiger partial charge in [-0.25, -0.2) is 5.14 Å². The van der Waals surface area contributed by atoms with E-state index in [9.17, 15) is 16.8 Å². The highest BCUT2D eigenvalue weighted by Crippen LogP contribution is 1.96. The summed E-state index contributed by atoms with van der Waals surface area (Å²) in [6.45, 7) is 3.09. The summed E-state index contributed by atoms with van der Waals surface area (Å²) in [6.07, 6.45) is 1.00. The van der Waals surface area contributed by atoms with Crippen molar-refractivity contribution in [2.75, 3.05) is 5.75 Å². The van der Waals surface area contributed by atoms with Crippen LogP contribution in [0.4, 0.5) is 0 Å². The second-order valence-corrected chi connectivity index (χ2v) is 4.35. The number of hydrogen-bond donors (Lipinski definition) is 1. The molecule has 0 aliphatic carbocycles. The zero-order chi connectivity index (χ0) is 9.83. The summed E-state index contributed by atoms with van der Waals surface area (Å²) in [5, 5.41) is 4.27.